The number of furan rings is 1. The maximum absolute atomic E-state index is 6.39. The van der Waals surface area contributed by atoms with Crippen LogP contribution in [0.25, 0.3) is 77.2 Å². The standard InChI is InChI=1S/C52H35NO/c1-3-11-36(12-4-1)38-23-28-45(29-24-38)53(46-30-25-39(26-31-46)41-16-9-15-40(33-41)37-13-5-2-6-14-37)47-32-27-42-34-44(22-21-43(42)35-47)48-18-10-19-50-49-17-7-8-20-51(49)54-52(48)50/h1-35H. The van der Waals surface area contributed by atoms with Crippen molar-refractivity contribution >= 4 is 49.8 Å². The average Bonchev–Trinajstić information content (AvgIpc) is 3.64. The number of hydrogen-bond acceptors (Lipinski definition) is 2. The second-order valence-electron chi connectivity index (χ2n) is 13.8. The lowest BCUT2D eigenvalue weighted by atomic mass is 9.98. The molecule has 0 unspecified atom stereocenters. The smallest absolute Gasteiger partial charge is 0.143 e. The molecule has 0 atom stereocenters. The molecule has 0 saturated heterocycles. The van der Waals surface area contributed by atoms with E-state index in [1.165, 1.54) is 44.2 Å². The predicted octanol–water partition coefficient (Wildman–Crippen LogP) is 14.9. The highest BCUT2D eigenvalue weighted by Gasteiger charge is 2.16. The Hall–Kier alpha value is -7.16. The Kier molecular flexibility index (Phi) is 7.85. The van der Waals surface area contributed by atoms with Crippen molar-refractivity contribution in [2.24, 2.45) is 0 Å². The molecule has 0 aliphatic heterocycles. The van der Waals surface area contributed by atoms with Gasteiger partial charge in [-0.3, -0.25) is 0 Å². The third-order valence-corrected chi connectivity index (χ3v) is 10.5. The van der Waals surface area contributed by atoms with Gasteiger partial charge >= 0.3 is 0 Å². The molecule has 0 saturated carbocycles. The topological polar surface area (TPSA) is 16.4 Å². The van der Waals surface area contributed by atoms with Crippen molar-refractivity contribution < 1.29 is 4.42 Å². The highest BCUT2D eigenvalue weighted by atomic mass is 16.3. The summed E-state index contributed by atoms with van der Waals surface area (Å²) >= 11 is 0. The molecule has 10 aromatic rings. The fourth-order valence-electron chi connectivity index (χ4n) is 7.71. The third kappa shape index (κ3) is 5.81. The fourth-order valence-corrected chi connectivity index (χ4v) is 7.71. The van der Waals surface area contributed by atoms with E-state index in [-0.39, 0.29) is 0 Å². The highest BCUT2D eigenvalue weighted by molar-refractivity contribution is 6.10. The summed E-state index contributed by atoms with van der Waals surface area (Å²) in [6, 6.07) is 75.9. The molecule has 2 heteroatoms. The minimum atomic E-state index is 0.913. The van der Waals surface area contributed by atoms with Crippen LogP contribution in [0.2, 0.25) is 0 Å². The third-order valence-electron chi connectivity index (χ3n) is 10.5. The Morgan fingerprint density at radius 1 is 0.296 bits per heavy atom. The lowest BCUT2D eigenvalue weighted by Gasteiger charge is -2.26. The number of fused-ring (bicyclic) bond motifs is 4. The average molecular weight is 690 g/mol. The molecule has 0 aliphatic carbocycles. The molecule has 10 rings (SSSR count). The minimum absolute atomic E-state index is 0.913. The van der Waals surface area contributed by atoms with Gasteiger partial charge in [0.15, 0.2) is 0 Å². The largest absolute Gasteiger partial charge is 0.455 e. The zero-order valence-electron chi connectivity index (χ0n) is 29.6. The van der Waals surface area contributed by atoms with E-state index in [9.17, 15) is 0 Å². The Morgan fingerprint density at radius 2 is 0.778 bits per heavy atom. The minimum Gasteiger partial charge on any atom is -0.455 e. The molecule has 0 fully saturated rings. The molecular weight excluding hydrogens is 655 g/mol. The first kappa shape index (κ1) is 31.6. The van der Waals surface area contributed by atoms with Gasteiger partial charge in [-0.15, -0.1) is 0 Å². The lowest BCUT2D eigenvalue weighted by Crippen LogP contribution is -2.09. The maximum Gasteiger partial charge on any atom is 0.143 e. The van der Waals surface area contributed by atoms with Crippen LogP contribution in [0.15, 0.2) is 217 Å². The molecule has 0 amide bonds. The van der Waals surface area contributed by atoms with Crippen LogP contribution in [0.1, 0.15) is 0 Å². The van der Waals surface area contributed by atoms with Gasteiger partial charge in [-0.2, -0.15) is 0 Å². The fraction of sp³-hybridized carbons (Fsp3) is 0. The summed E-state index contributed by atoms with van der Waals surface area (Å²) in [4.78, 5) is 2.35. The molecule has 9 aromatic carbocycles. The summed E-state index contributed by atoms with van der Waals surface area (Å²) in [5.74, 6) is 0. The first-order chi connectivity index (χ1) is 26.7. The Bertz CT molecular complexity index is 2910. The Balaban J connectivity index is 1.03. The number of anilines is 3. The maximum atomic E-state index is 6.39. The quantitative estimate of drug-likeness (QED) is 0.166. The van der Waals surface area contributed by atoms with Crippen molar-refractivity contribution in [2.75, 3.05) is 4.90 Å². The van der Waals surface area contributed by atoms with E-state index >= 15 is 0 Å². The number of hydrogen-bond donors (Lipinski definition) is 0. The van der Waals surface area contributed by atoms with E-state index < -0.39 is 0 Å². The van der Waals surface area contributed by atoms with E-state index in [2.05, 4.69) is 205 Å². The van der Waals surface area contributed by atoms with Crippen molar-refractivity contribution in [3.63, 3.8) is 0 Å². The SMILES string of the molecule is c1ccc(-c2ccc(N(c3ccc(-c4cccc(-c5ccccc5)c4)cc3)c3ccc4cc(-c5cccc6c5oc5ccccc56)ccc4c3)cc2)cc1. The summed E-state index contributed by atoms with van der Waals surface area (Å²) in [5, 5.41) is 4.64. The Morgan fingerprint density at radius 3 is 1.48 bits per heavy atom. The zero-order valence-corrected chi connectivity index (χ0v) is 29.6. The number of nitrogens with zero attached hydrogens (tertiary/aromatic N) is 1. The first-order valence-corrected chi connectivity index (χ1v) is 18.4. The van der Waals surface area contributed by atoms with Gasteiger partial charge in [-0.05, 0) is 104 Å². The van der Waals surface area contributed by atoms with E-state index in [1.807, 2.05) is 12.1 Å². The van der Waals surface area contributed by atoms with Gasteiger partial charge in [0.2, 0.25) is 0 Å². The van der Waals surface area contributed by atoms with Gasteiger partial charge in [0.05, 0.1) is 0 Å². The lowest BCUT2D eigenvalue weighted by molar-refractivity contribution is 0.670. The monoisotopic (exact) mass is 689 g/mol. The van der Waals surface area contributed by atoms with Gasteiger partial charge in [-0.1, -0.05) is 158 Å². The van der Waals surface area contributed by atoms with Gasteiger partial charge in [0.25, 0.3) is 0 Å². The summed E-state index contributed by atoms with van der Waals surface area (Å²) in [6.45, 7) is 0. The first-order valence-electron chi connectivity index (χ1n) is 18.4. The van der Waals surface area contributed by atoms with Crippen LogP contribution in [0.4, 0.5) is 17.1 Å². The molecule has 0 aliphatic rings. The van der Waals surface area contributed by atoms with Gasteiger partial charge in [0.1, 0.15) is 11.2 Å². The van der Waals surface area contributed by atoms with Crippen molar-refractivity contribution in [3.8, 4) is 44.5 Å². The van der Waals surface area contributed by atoms with Crippen LogP contribution in [-0.4, -0.2) is 0 Å². The van der Waals surface area contributed by atoms with Gasteiger partial charge in [-0.25, -0.2) is 0 Å². The van der Waals surface area contributed by atoms with E-state index in [4.69, 9.17) is 4.42 Å². The molecule has 2 nitrogen and oxygen atoms in total. The van der Waals surface area contributed by atoms with E-state index in [1.54, 1.807) is 0 Å². The van der Waals surface area contributed by atoms with Crippen molar-refractivity contribution in [2.45, 2.75) is 0 Å². The highest BCUT2D eigenvalue weighted by Crippen LogP contribution is 2.40. The number of benzene rings is 9. The molecule has 1 heterocycles. The molecule has 1 aromatic heterocycles. The van der Waals surface area contributed by atoms with Crippen molar-refractivity contribution in [1.29, 1.82) is 0 Å². The van der Waals surface area contributed by atoms with Crippen LogP contribution in [-0.2, 0) is 0 Å². The summed E-state index contributed by atoms with van der Waals surface area (Å²) in [7, 11) is 0. The van der Waals surface area contributed by atoms with Crippen LogP contribution in [0.5, 0.6) is 0 Å². The van der Waals surface area contributed by atoms with Gasteiger partial charge in [0, 0.05) is 33.4 Å². The molecule has 0 N–H and O–H groups in total. The molecule has 254 valence electrons. The van der Waals surface area contributed by atoms with Crippen molar-refractivity contribution in [1.82, 2.24) is 0 Å². The normalized spacial score (nSPS) is 11.3. The van der Waals surface area contributed by atoms with Crippen LogP contribution >= 0.6 is 0 Å². The number of rotatable bonds is 7. The molecule has 0 spiro atoms. The zero-order chi connectivity index (χ0) is 35.8. The summed E-state index contributed by atoms with van der Waals surface area (Å²) < 4.78 is 6.39. The van der Waals surface area contributed by atoms with Crippen LogP contribution < -0.4 is 4.90 Å². The summed E-state index contributed by atoms with van der Waals surface area (Å²) in [5.41, 5.74) is 14.6. The second-order valence-corrected chi connectivity index (χ2v) is 13.8. The Labute approximate surface area is 314 Å². The second kappa shape index (κ2) is 13.4. The summed E-state index contributed by atoms with van der Waals surface area (Å²) in [6.07, 6.45) is 0. The van der Waals surface area contributed by atoms with E-state index in [0.717, 1.165) is 50.1 Å². The van der Waals surface area contributed by atoms with E-state index in [0.29, 0.717) is 0 Å². The molecule has 0 radical (unpaired) electrons. The van der Waals surface area contributed by atoms with Crippen molar-refractivity contribution in [3.05, 3.63) is 212 Å². The van der Waals surface area contributed by atoms with Gasteiger partial charge < -0.3 is 9.32 Å². The van der Waals surface area contributed by atoms with Crippen LogP contribution in [0.3, 0.4) is 0 Å². The van der Waals surface area contributed by atoms with Crippen LogP contribution in [0, 0.1) is 0 Å². The molecule has 54 heavy (non-hydrogen) atoms. The predicted molar refractivity (Wildman–Crippen MR) is 228 cm³/mol. The number of para-hydroxylation sites is 2. The molecule has 0 bridgehead atoms. The molecular formula is C52H35NO.